The van der Waals surface area contributed by atoms with Gasteiger partial charge in [-0.1, -0.05) is 65.5 Å². The Morgan fingerprint density at radius 3 is 2.07 bits per heavy atom. The van der Waals surface area contributed by atoms with Crippen LogP contribution in [0.25, 0.3) is 0 Å². The van der Waals surface area contributed by atoms with Crippen molar-refractivity contribution in [2.45, 2.75) is 64.6 Å². The Morgan fingerprint density at radius 2 is 1.54 bits per heavy atom. The van der Waals surface area contributed by atoms with Crippen LogP contribution in [-0.4, -0.2) is 43.8 Å². The molecule has 0 spiro atoms. The molecule has 0 heterocycles. The van der Waals surface area contributed by atoms with Crippen molar-refractivity contribution in [3.05, 3.63) is 92.4 Å². The summed E-state index contributed by atoms with van der Waals surface area (Å²) in [5, 5.41) is 3.94. The Kier molecular flexibility index (Phi) is 11.1. The summed E-state index contributed by atoms with van der Waals surface area (Å²) in [5.74, 6) is -0.966. The van der Waals surface area contributed by atoms with Gasteiger partial charge >= 0.3 is 0 Å². The van der Waals surface area contributed by atoms with E-state index in [9.17, 15) is 18.0 Å². The van der Waals surface area contributed by atoms with Gasteiger partial charge in [0.1, 0.15) is 12.6 Å². The van der Waals surface area contributed by atoms with Crippen molar-refractivity contribution in [2.75, 3.05) is 10.8 Å². The molecule has 2 amide bonds. The van der Waals surface area contributed by atoms with Crippen LogP contribution < -0.4 is 9.62 Å². The van der Waals surface area contributed by atoms with Crippen LogP contribution in [-0.2, 0) is 26.2 Å². The lowest BCUT2D eigenvalue weighted by atomic mass is 10.1. The van der Waals surface area contributed by atoms with Crippen molar-refractivity contribution in [1.82, 2.24) is 10.2 Å². The van der Waals surface area contributed by atoms with E-state index in [-0.39, 0.29) is 29.8 Å². The molecule has 0 aliphatic rings. The molecular formula is C30H34Cl3N3O4S. The molecule has 0 saturated heterocycles. The van der Waals surface area contributed by atoms with E-state index in [0.29, 0.717) is 31.9 Å². The van der Waals surface area contributed by atoms with Crippen LogP contribution >= 0.6 is 34.8 Å². The largest absolute Gasteiger partial charge is 0.352 e. The molecule has 41 heavy (non-hydrogen) atoms. The van der Waals surface area contributed by atoms with Crippen molar-refractivity contribution in [3.8, 4) is 0 Å². The van der Waals surface area contributed by atoms with Gasteiger partial charge in [0.25, 0.3) is 10.0 Å². The predicted octanol–water partition coefficient (Wildman–Crippen LogP) is 6.79. The number of hydrogen-bond donors (Lipinski definition) is 1. The fourth-order valence-corrected chi connectivity index (χ4v) is 6.63. The summed E-state index contributed by atoms with van der Waals surface area (Å²) >= 11 is 19.1. The van der Waals surface area contributed by atoms with Crippen LogP contribution in [0.2, 0.25) is 15.1 Å². The predicted molar refractivity (Wildman–Crippen MR) is 166 cm³/mol. The highest BCUT2D eigenvalue weighted by atomic mass is 35.5. The van der Waals surface area contributed by atoms with Crippen LogP contribution in [0, 0.1) is 13.8 Å². The first kappa shape index (κ1) is 32.7. The van der Waals surface area contributed by atoms with Crippen molar-refractivity contribution in [1.29, 1.82) is 0 Å². The minimum absolute atomic E-state index is 0.0236. The molecule has 0 radical (unpaired) electrons. The second-order valence-electron chi connectivity index (χ2n) is 10.1. The van der Waals surface area contributed by atoms with Crippen LogP contribution in [0.5, 0.6) is 0 Å². The topological polar surface area (TPSA) is 86.8 Å². The quantitative estimate of drug-likeness (QED) is 0.251. The van der Waals surface area contributed by atoms with E-state index in [1.165, 1.54) is 17.0 Å². The number of nitrogens with zero attached hydrogens (tertiary/aromatic N) is 2. The van der Waals surface area contributed by atoms with Crippen LogP contribution in [0.15, 0.2) is 65.6 Å². The van der Waals surface area contributed by atoms with Gasteiger partial charge in [-0.15, -0.1) is 0 Å². The van der Waals surface area contributed by atoms with Gasteiger partial charge in [0, 0.05) is 33.2 Å². The Balaban J connectivity index is 2.14. The third-order valence-corrected chi connectivity index (χ3v) is 9.24. The third kappa shape index (κ3) is 7.95. The number of amides is 2. The molecular weight excluding hydrogens is 605 g/mol. The monoisotopic (exact) mass is 637 g/mol. The highest BCUT2D eigenvalue weighted by Gasteiger charge is 2.35. The van der Waals surface area contributed by atoms with E-state index in [0.717, 1.165) is 9.87 Å². The number of halogens is 3. The second-order valence-corrected chi connectivity index (χ2v) is 13.2. The number of carbonyl (C=O) groups is 2. The average molecular weight is 639 g/mol. The van der Waals surface area contributed by atoms with Gasteiger partial charge in [0.05, 0.1) is 10.6 Å². The maximum atomic E-state index is 14.2. The summed E-state index contributed by atoms with van der Waals surface area (Å²) in [5.41, 5.74) is 2.19. The SMILES string of the molecule is CC[C@H](C(=O)NC(C)C)N(Cc1c(Cl)cccc1Cl)C(=O)CN(c1ccc(Cl)cc1C)S(=O)(=O)c1ccc(C)cc1. The zero-order chi connectivity index (χ0) is 30.5. The molecule has 0 aliphatic carbocycles. The van der Waals surface area contributed by atoms with E-state index >= 15 is 0 Å². The Hall–Kier alpha value is -2.78. The van der Waals surface area contributed by atoms with E-state index in [1.54, 1.807) is 62.4 Å². The van der Waals surface area contributed by atoms with Gasteiger partial charge in [-0.25, -0.2) is 8.42 Å². The molecule has 0 bridgehead atoms. The molecule has 0 saturated carbocycles. The van der Waals surface area contributed by atoms with Crippen LogP contribution in [0.1, 0.15) is 43.9 Å². The summed E-state index contributed by atoms with van der Waals surface area (Å²) in [6, 6.07) is 15.0. The van der Waals surface area contributed by atoms with Crippen molar-refractivity contribution in [2.24, 2.45) is 0 Å². The summed E-state index contributed by atoms with van der Waals surface area (Å²) in [6.07, 6.45) is 0.275. The molecule has 3 rings (SSSR count). The van der Waals surface area contributed by atoms with E-state index in [2.05, 4.69) is 5.32 Å². The normalized spacial score (nSPS) is 12.2. The van der Waals surface area contributed by atoms with Gasteiger partial charge < -0.3 is 10.2 Å². The van der Waals surface area contributed by atoms with Gasteiger partial charge in [-0.05, 0) is 82.1 Å². The molecule has 3 aromatic carbocycles. The minimum atomic E-state index is -4.21. The van der Waals surface area contributed by atoms with Crippen molar-refractivity contribution < 1.29 is 18.0 Å². The smallest absolute Gasteiger partial charge is 0.264 e. The average Bonchev–Trinajstić information content (AvgIpc) is 2.89. The first-order chi connectivity index (χ1) is 19.3. The lowest BCUT2D eigenvalue weighted by Gasteiger charge is -2.34. The molecule has 1 atom stereocenters. The Morgan fingerprint density at radius 1 is 0.927 bits per heavy atom. The first-order valence-electron chi connectivity index (χ1n) is 13.1. The van der Waals surface area contributed by atoms with Gasteiger partial charge in [-0.3, -0.25) is 13.9 Å². The van der Waals surface area contributed by atoms with Crippen molar-refractivity contribution >= 4 is 62.3 Å². The fraction of sp³-hybridized carbons (Fsp3) is 0.333. The minimum Gasteiger partial charge on any atom is -0.352 e. The van der Waals surface area contributed by atoms with Gasteiger partial charge in [-0.2, -0.15) is 0 Å². The number of carbonyl (C=O) groups excluding carboxylic acids is 2. The number of hydrogen-bond acceptors (Lipinski definition) is 4. The highest BCUT2D eigenvalue weighted by molar-refractivity contribution is 7.92. The standard InChI is InChI=1S/C30H34Cl3N3O4S/c1-6-27(30(38)34-19(2)3)35(17-24-25(32)8-7-9-26(24)33)29(37)18-36(28-15-12-22(31)16-21(28)5)41(39,40)23-13-10-20(4)11-14-23/h7-16,19,27H,6,17-18H2,1-5H3,(H,34,38)/t27-/m1/s1. The first-order valence-corrected chi connectivity index (χ1v) is 15.7. The summed E-state index contributed by atoms with van der Waals surface area (Å²) in [7, 11) is -4.21. The number of benzene rings is 3. The number of aryl methyl sites for hydroxylation is 2. The molecule has 0 fully saturated rings. The van der Waals surface area contributed by atoms with E-state index in [1.807, 2.05) is 20.8 Å². The third-order valence-electron chi connectivity index (χ3n) is 6.52. The maximum Gasteiger partial charge on any atom is 0.264 e. The fourth-order valence-electron chi connectivity index (χ4n) is 4.40. The zero-order valence-electron chi connectivity index (χ0n) is 23.6. The highest BCUT2D eigenvalue weighted by Crippen LogP contribution is 2.31. The lowest BCUT2D eigenvalue weighted by Crippen LogP contribution is -2.53. The van der Waals surface area contributed by atoms with E-state index < -0.39 is 28.5 Å². The molecule has 1 N–H and O–H groups in total. The molecule has 0 aliphatic heterocycles. The maximum absolute atomic E-state index is 14.2. The molecule has 0 aromatic heterocycles. The number of nitrogens with one attached hydrogen (secondary N) is 1. The summed E-state index contributed by atoms with van der Waals surface area (Å²) in [4.78, 5) is 28.8. The van der Waals surface area contributed by atoms with Crippen LogP contribution in [0.3, 0.4) is 0 Å². The molecule has 7 nitrogen and oxygen atoms in total. The van der Waals surface area contributed by atoms with Gasteiger partial charge in [0.15, 0.2) is 0 Å². The number of anilines is 1. The van der Waals surface area contributed by atoms with Gasteiger partial charge in [0.2, 0.25) is 11.8 Å². The summed E-state index contributed by atoms with van der Waals surface area (Å²) in [6.45, 7) is 8.32. The second kappa shape index (κ2) is 13.9. The molecule has 0 unspecified atom stereocenters. The summed E-state index contributed by atoms with van der Waals surface area (Å²) < 4.78 is 29.1. The Labute approximate surface area is 257 Å². The molecule has 11 heteroatoms. The molecule has 220 valence electrons. The number of sulfonamides is 1. The van der Waals surface area contributed by atoms with Crippen molar-refractivity contribution in [3.63, 3.8) is 0 Å². The zero-order valence-corrected chi connectivity index (χ0v) is 26.7. The number of rotatable bonds is 11. The molecule has 3 aromatic rings. The lowest BCUT2D eigenvalue weighted by molar-refractivity contribution is -0.140. The van der Waals surface area contributed by atoms with Crippen LogP contribution in [0.4, 0.5) is 5.69 Å². The van der Waals surface area contributed by atoms with E-state index in [4.69, 9.17) is 34.8 Å². The Bertz CT molecular complexity index is 1490.